The summed E-state index contributed by atoms with van der Waals surface area (Å²) in [5.41, 5.74) is 0.344. The summed E-state index contributed by atoms with van der Waals surface area (Å²) in [6.07, 6.45) is 2.75. The van der Waals surface area contributed by atoms with E-state index >= 15 is 0 Å². The molecule has 1 aromatic carbocycles. The van der Waals surface area contributed by atoms with Crippen molar-refractivity contribution in [3.8, 4) is 0 Å². The van der Waals surface area contributed by atoms with Crippen molar-refractivity contribution in [2.24, 2.45) is 0 Å². The molecule has 0 spiro atoms. The first-order valence-corrected chi connectivity index (χ1v) is 6.06. The summed E-state index contributed by atoms with van der Waals surface area (Å²) in [5, 5.41) is 1.15. The summed E-state index contributed by atoms with van der Waals surface area (Å²) in [4.78, 5) is 26.9. The molecular formula is C12H10Cl2N2O2. The number of aromatic nitrogens is 2. The third kappa shape index (κ3) is 3.24. The van der Waals surface area contributed by atoms with E-state index in [1.165, 1.54) is 6.20 Å². The Morgan fingerprint density at radius 1 is 0.944 bits per heavy atom. The topological polar surface area (TPSA) is 65.7 Å². The summed E-state index contributed by atoms with van der Waals surface area (Å²) in [5.74, 6) is 0. The molecule has 1 heterocycles. The summed E-state index contributed by atoms with van der Waals surface area (Å²) < 4.78 is 0. The molecule has 6 heteroatoms. The molecule has 0 bridgehead atoms. The highest BCUT2D eigenvalue weighted by Gasteiger charge is 2.01. The van der Waals surface area contributed by atoms with Crippen molar-refractivity contribution in [1.82, 2.24) is 9.97 Å². The number of aryl methyl sites for hydroxylation is 2. The molecule has 94 valence electrons. The lowest BCUT2D eigenvalue weighted by Gasteiger charge is -2.03. The van der Waals surface area contributed by atoms with Crippen LogP contribution in [0.2, 0.25) is 10.0 Å². The molecule has 0 aliphatic rings. The maximum Gasteiger partial charge on any atom is 0.313 e. The van der Waals surface area contributed by atoms with Crippen LogP contribution in [0.4, 0.5) is 0 Å². The molecule has 2 aromatic rings. The average Bonchev–Trinajstić information content (AvgIpc) is 2.29. The van der Waals surface area contributed by atoms with Gasteiger partial charge in [-0.3, -0.25) is 9.59 Å². The first-order valence-electron chi connectivity index (χ1n) is 5.30. The summed E-state index contributed by atoms with van der Waals surface area (Å²) in [6, 6.07) is 5.29. The van der Waals surface area contributed by atoms with E-state index < -0.39 is 11.1 Å². The number of benzene rings is 1. The van der Waals surface area contributed by atoms with Gasteiger partial charge in [0.05, 0.1) is 0 Å². The van der Waals surface area contributed by atoms with Crippen molar-refractivity contribution in [2.45, 2.75) is 12.8 Å². The average molecular weight is 285 g/mol. The minimum atomic E-state index is -0.649. The molecule has 0 aliphatic heterocycles. The van der Waals surface area contributed by atoms with Gasteiger partial charge >= 0.3 is 11.1 Å². The first-order chi connectivity index (χ1) is 8.54. The number of hydrogen-bond acceptors (Lipinski definition) is 2. The van der Waals surface area contributed by atoms with Gasteiger partial charge in [0.15, 0.2) is 0 Å². The Morgan fingerprint density at radius 3 is 2.22 bits per heavy atom. The molecule has 0 amide bonds. The van der Waals surface area contributed by atoms with Gasteiger partial charge in [0, 0.05) is 21.9 Å². The van der Waals surface area contributed by atoms with Crippen molar-refractivity contribution in [3.05, 3.63) is 66.4 Å². The molecule has 2 N–H and O–H groups in total. The maximum absolute atomic E-state index is 11.1. The second-order valence-electron chi connectivity index (χ2n) is 3.87. The Morgan fingerprint density at radius 2 is 1.61 bits per heavy atom. The minimum absolute atomic E-state index is 0.576. The number of nitrogens with one attached hydrogen (secondary N) is 2. The molecule has 0 atom stereocenters. The lowest BCUT2D eigenvalue weighted by Crippen LogP contribution is -2.29. The second kappa shape index (κ2) is 5.42. The van der Waals surface area contributed by atoms with E-state index in [2.05, 4.69) is 9.97 Å². The van der Waals surface area contributed by atoms with Gasteiger partial charge in [-0.05, 0) is 36.6 Å². The quantitative estimate of drug-likeness (QED) is 0.849. The van der Waals surface area contributed by atoms with Crippen molar-refractivity contribution >= 4 is 23.2 Å². The molecule has 0 saturated carbocycles. The molecule has 0 fully saturated rings. The standard InChI is InChI=1S/C12H10Cl2N2O2/c13-8-3-7(4-9(14)5-8)1-2-10-6-15-11(17)12(18)16-10/h3-6H,1-2H2,(H,15,17)(H,16,18). The van der Waals surface area contributed by atoms with Gasteiger partial charge < -0.3 is 9.97 Å². The van der Waals surface area contributed by atoms with Gasteiger partial charge in [0.2, 0.25) is 0 Å². The number of hydrogen-bond donors (Lipinski definition) is 2. The fourth-order valence-electron chi connectivity index (χ4n) is 1.63. The van der Waals surface area contributed by atoms with E-state index in [1.54, 1.807) is 6.07 Å². The highest BCUT2D eigenvalue weighted by molar-refractivity contribution is 6.34. The van der Waals surface area contributed by atoms with E-state index in [9.17, 15) is 9.59 Å². The number of rotatable bonds is 3. The second-order valence-corrected chi connectivity index (χ2v) is 4.75. The lowest BCUT2D eigenvalue weighted by molar-refractivity contribution is 0.876. The number of H-pyrrole nitrogens is 2. The van der Waals surface area contributed by atoms with Gasteiger partial charge in [-0.2, -0.15) is 0 Å². The Labute approximate surface area is 113 Å². The SMILES string of the molecule is O=c1[nH]cc(CCc2cc(Cl)cc(Cl)c2)[nH]c1=O. The van der Waals surface area contributed by atoms with Gasteiger partial charge in [0.25, 0.3) is 0 Å². The van der Waals surface area contributed by atoms with Crippen molar-refractivity contribution < 1.29 is 0 Å². The van der Waals surface area contributed by atoms with Crippen LogP contribution in [0.1, 0.15) is 11.3 Å². The smallest absolute Gasteiger partial charge is 0.313 e. The fraction of sp³-hybridized carbons (Fsp3) is 0.167. The Hall–Kier alpha value is -1.52. The summed E-state index contributed by atoms with van der Waals surface area (Å²) in [7, 11) is 0. The van der Waals surface area contributed by atoms with Gasteiger partial charge in [-0.25, -0.2) is 0 Å². The van der Waals surface area contributed by atoms with Crippen LogP contribution in [0.25, 0.3) is 0 Å². The monoisotopic (exact) mass is 284 g/mol. The predicted molar refractivity (Wildman–Crippen MR) is 71.6 cm³/mol. The highest BCUT2D eigenvalue weighted by atomic mass is 35.5. The third-order valence-corrected chi connectivity index (χ3v) is 2.90. The maximum atomic E-state index is 11.1. The molecule has 4 nitrogen and oxygen atoms in total. The van der Waals surface area contributed by atoms with Crippen LogP contribution in [-0.2, 0) is 12.8 Å². The predicted octanol–water partition coefficient (Wildman–Crippen LogP) is 2.16. The van der Waals surface area contributed by atoms with Crippen molar-refractivity contribution in [1.29, 1.82) is 0 Å². The molecule has 1 aromatic heterocycles. The van der Waals surface area contributed by atoms with E-state index in [4.69, 9.17) is 23.2 Å². The van der Waals surface area contributed by atoms with Crippen LogP contribution >= 0.6 is 23.2 Å². The van der Waals surface area contributed by atoms with Gasteiger partial charge in [0.1, 0.15) is 0 Å². The van der Waals surface area contributed by atoms with Crippen LogP contribution < -0.4 is 11.1 Å². The zero-order valence-electron chi connectivity index (χ0n) is 9.30. The largest absolute Gasteiger partial charge is 0.323 e. The zero-order valence-corrected chi connectivity index (χ0v) is 10.8. The fourth-order valence-corrected chi connectivity index (χ4v) is 2.20. The van der Waals surface area contributed by atoms with Gasteiger partial charge in [-0.1, -0.05) is 23.2 Å². The van der Waals surface area contributed by atoms with Crippen LogP contribution in [0.15, 0.2) is 34.0 Å². The molecule has 2 rings (SSSR count). The van der Waals surface area contributed by atoms with E-state index in [0.717, 1.165) is 5.56 Å². The van der Waals surface area contributed by atoms with Crippen molar-refractivity contribution in [2.75, 3.05) is 0 Å². The summed E-state index contributed by atoms with van der Waals surface area (Å²) >= 11 is 11.8. The van der Waals surface area contributed by atoms with Crippen LogP contribution in [0, 0.1) is 0 Å². The summed E-state index contributed by atoms with van der Waals surface area (Å²) in [6.45, 7) is 0. The van der Waals surface area contributed by atoms with Crippen LogP contribution in [-0.4, -0.2) is 9.97 Å². The minimum Gasteiger partial charge on any atom is -0.323 e. The first kappa shape index (κ1) is 12.9. The Kier molecular flexibility index (Phi) is 3.89. The Balaban J connectivity index is 2.13. The lowest BCUT2D eigenvalue weighted by atomic mass is 10.1. The van der Waals surface area contributed by atoms with Crippen LogP contribution in [0.3, 0.4) is 0 Å². The van der Waals surface area contributed by atoms with E-state index in [0.29, 0.717) is 28.6 Å². The molecule has 0 aliphatic carbocycles. The normalized spacial score (nSPS) is 10.6. The molecule has 0 unspecified atom stereocenters. The Bertz CT molecular complexity index is 656. The molecule has 18 heavy (non-hydrogen) atoms. The number of halogens is 2. The molecule has 0 radical (unpaired) electrons. The van der Waals surface area contributed by atoms with Crippen molar-refractivity contribution in [3.63, 3.8) is 0 Å². The van der Waals surface area contributed by atoms with Gasteiger partial charge in [-0.15, -0.1) is 0 Å². The zero-order chi connectivity index (χ0) is 13.1. The number of aromatic amines is 2. The molecule has 0 saturated heterocycles. The third-order valence-electron chi connectivity index (χ3n) is 2.46. The highest BCUT2D eigenvalue weighted by Crippen LogP contribution is 2.19. The van der Waals surface area contributed by atoms with E-state index in [-0.39, 0.29) is 0 Å². The van der Waals surface area contributed by atoms with E-state index in [1.807, 2.05) is 12.1 Å². The molecular weight excluding hydrogens is 275 g/mol. The van der Waals surface area contributed by atoms with Crippen LogP contribution in [0.5, 0.6) is 0 Å².